The number of hydrogen-bond donors (Lipinski definition) is 0. The highest BCUT2D eigenvalue weighted by molar-refractivity contribution is 6.95. The number of hydrogen-bond acceptors (Lipinski definition) is 1. The number of allylic oxidation sites excluding steroid dienone is 1. The van der Waals surface area contributed by atoms with Gasteiger partial charge < -0.3 is 4.74 Å². The summed E-state index contributed by atoms with van der Waals surface area (Å²) in [4.78, 5) is 0. The molecule has 0 aliphatic rings. The third kappa shape index (κ3) is 4.88. The van der Waals surface area contributed by atoms with Crippen molar-refractivity contribution in [3.63, 3.8) is 0 Å². The highest BCUT2D eigenvalue weighted by Crippen LogP contribution is 2.27. The molecule has 28 heavy (non-hydrogen) atoms. The maximum absolute atomic E-state index is 15.0. The number of rotatable bonds is 6. The third-order valence-corrected chi connectivity index (χ3v) is 7.99. The molecule has 0 saturated heterocycles. The molecule has 0 N–H and O–H groups in total. The molecule has 0 saturated carbocycles. The molecule has 0 radical (unpaired) electrons. The zero-order valence-electron chi connectivity index (χ0n) is 15.8. The number of halogens is 3. The van der Waals surface area contributed by atoms with E-state index in [0.29, 0.717) is 22.1 Å². The minimum Gasteiger partial charge on any atom is -0.457 e. The Morgan fingerprint density at radius 2 is 1.50 bits per heavy atom. The Morgan fingerprint density at radius 1 is 0.857 bits per heavy atom. The van der Waals surface area contributed by atoms with Gasteiger partial charge in [0, 0.05) is 11.4 Å². The van der Waals surface area contributed by atoms with Crippen molar-refractivity contribution in [1.29, 1.82) is 0 Å². The Morgan fingerprint density at radius 3 is 2.18 bits per heavy atom. The van der Waals surface area contributed by atoms with E-state index in [1.807, 2.05) is 30.3 Å². The third-order valence-electron chi connectivity index (χ3n) is 4.59. The summed E-state index contributed by atoms with van der Waals surface area (Å²) < 4.78 is 35.5. The van der Waals surface area contributed by atoms with Gasteiger partial charge in [0.25, 0.3) is 0 Å². The fraction of sp³-hybridized carbons (Fsp3) is 0.130. The standard InChI is InChI=1S/C23H21ClF2OSi/c1-28(2,21-13-11-18(24)12-14-21)23(26)22(25)16-17-7-6-10-20(15-17)27-19-8-4-3-5-9-19/h3-15H,16H2,1-2H3. The normalized spacial score (nSPS) is 12.5. The molecule has 0 aromatic heterocycles. The van der Waals surface area contributed by atoms with Gasteiger partial charge in [0.2, 0.25) is 0 Å². The first-order valence-corrected chi connectivity index (χ1v) is 12.4. The van der Waals surface area contributed by atoms with Gasteiger partial charge in [-0.15, -0.1) is 0 Å². The van der Waals surface area contributed by atoms with Crippen LogP contribution in [0.15, 0.2) is 90.1 Å². The highest BCUT2D eigenvalue weighted by Gasteiger charge is 2.32. The average molecular weight is 415 g/mol. The van der Waals surface area contributed by atoms with Crippen LogP contribution in [0.2, 0.25) is 18.1 Å². The fourth-order valence-corrected chi connectivity index (χ4v) is 5.08. The first-order valence-electron chi connectivity index (χ1n) is 8.99. The molecular weight excluding hydrogens is 394 g/mol. The summed E-state index contributed by atoms with van der Waals surface area (Å²) in [6, 6.07) is 23.4. The van der Waals surface area contributed by atoms with Gasteiger partial charge in [-0.25, -0.2) is 8.78 Å². The lowest BCUT2D eigenvalue weighted by Gasteiger charge is -2.21. The zero-order chi connectivity index (χ0) is 20.1. The van der Waals surface area contributed by atoms with E-state index in [2.05, 4.69) is 0 Å². The molecule has 0 aliphatic heterocycles. The van der Waals surface area contributed by atoms with Crippen LogP contribution in [0.5, 0.6) is 11.5 Å². The molecule has 0 fully saturated rings. The molecule has 0 heterocycles. The van der Waals surface area contributed by atoms with Crippen molar-refractivity contribution < 1.29 is 13.5 Å². The van der Waals surface area contributed by atoms with Crippen molar-refractivity contribution in [3.8, 4) is 11.5 Å². The van der Waals surface area contributed by atoms with Crippen LogP contribution in [-0.2, 0) is 6.42 Å². The molecule has 144 valence electrons. The largest absolute Gasteiger partial charge is 0.457 e. The molecule has 0 aliphatic carbocycles. The summed E-state index contributed by atoms with van der Waals surface area (Å²) in [6.07, 6.45) is -0.109. The topological polar surface area (TPSA) is 9.23 Å². The minimum absolute atomic E-state index is 0.109. The van der Waals surface area contributed by atoms with Crippen LogP contribution < -0.4 is 9.92 Å². The van der Waals surface area contributed by atoms with Gasteiger partial charge in [0.1, 0.15) is 22.8 Å². The second-order valence-corrected chi connectivity index (χ2v) is 11.8. The first-order chi connectivity index (χ1) is 13.4. The number of benzene rings is 3. The Kier molecular flexibility index (Phi) is 6.32. The van der Waals surface area contributed by atoms with Crippen molar-refractivity contribution >= 4 is 24.9 Å². The van der Waals surface area contributed by atoms with Gasteiger partial charge in [-0.2, -0.15) is 0 Å². The fourth-order valence-electron chi connectivity index (χ4n) is 2.93. The Bertz CT molecular complexity index is 969. The van der Waals surface area contributed by atoms with Crippen molar-refractivity contribution in [1.82, 2.24) is 0 Å². The van der Waals surface area contributed by atoms with Gasteiger partial charge in [0.15, 0.2) is 8.07 Å². The average Bonchev–Trinajstić information content (AvgIpc) is 2.68. The predicted octanol–water partition coefficient (Wildman–Crippen LogP) is 6.98. The lowest BCUT2D eigenvalue weighted by molar-refractivity contribution is 0.481. The second-order valence-electron chi connectivity index (χ2n) is 7.09. The monoisotopic (exact) mass is 414 g/mol. The molecule has 3 aromatic carbocycles. The maximum atomic E-state index is 15.0. The Labute approximate surface area is 170 Å². The summed E-state index contributed by atoms with van der Waals surface area (Å²) in [5.41, 5.74) is 0.00573. The van der Waals surface area contributed by atoms with Crippen molar-refractivity contribution in [3.05, 3.63) is 101 Å². The van der Waals surface area contributed by atoms with E-state index in [1.165, 1.54) is 0 Å². The summed E-state index contributed by atoms with van der Waals surface area (Å²) in [6.45, 7) is 3.58. The van der Waals surface area contributed by atoms with Crippen LogP contribution >= 0.6 is 11.6 Å². The molecule has 0 spiro atoms. The minimum atomic E-state index is -2.75. The van der Waals surface area contributed by atoms with E-state index in [9.17, 15) is 8.78 Å². The molecule has 3 aromatic rings. The maximum Gasteiger partial charge on any atom is 0.151 e. The van der Waals surface area contributed by atoms with Crippen LogP contribution in [0.1, 0.15) is 5.56 Å². The van der Waals surface area contributed by atoms with Crippen molar-refractivity contribution in [2.24, 2.45) is 0 Å². The van der Waals surface area contributed by atoms with Gasteiger partial charge >= 0.3 is 0 Å². The molecule has 0 amide bonds. The Hall–Kier alpha value is -2.43. The SMILES string of the molecule is C[Si](C)(C(F)=C(F)Cc1cccc(Oc2ccccc2)c1)c1ccc(Cl)cc1. The first kappa shape index (κ1) is 20.3. The zero-order valence-corrected chi connectivity index (χ0v) is 17.5. The van der Waals surface area contributed by atoms with Crippen LogP contribution in [0.25, 0.3) is 0 Å². The van der Waals surface area contributed by atoms with Crippen molar-refractivity contribution in [2.45, 2.75) is 19.5 Å². The van der Waals surface area contributed by atoms with Crippen LogP contribution in [-0.4, -0.2) is 8.07 Å². The molecule has 3 rings (SSSR count). The predicted molar refractivity (Wildman–Crippen MR) is 114 cm³/mol. The lowest BCUT2D eigenvalue weighted by atomic mass is 10.1. The van der Waals surface area contributed by atoms with E-state index in [0.717, 1.165) is 5.19 Å². The van der Waals surface area contributed by atoms with E-state index < -0.39 is 19.4 Å². The van der Waals surface area contributed by atoms with E-state index >= 15 is 0 Å². The molecule has 1 nitrogen and oxygen atoms in total. The highest BCUT2D eigenvalue weighted by atomic mass is 35.5. The molecular formula is C23H21ClF2OSi. The van der Waals surface area contributed by atoms with E-state index in [4.69, 9.17) is 16.3 Å². The van der Waals surface area contributed by atoms with Crippen LogP contribution in [0, 0.1) is 0 Å². The summed E-state index contributed by atoms with van der Waals surface area (Å²) in [7, 11) is -2.75. The second kappa shape index (κ2) is 8.72. The summed E-state index contributed by atoms with van der Waals surface area (Å²) in [5.74, 6) is 0.549. The van der Waals surface area contributed by atoms with Gasteiger partial charge in [-0.05, 0) is 42.0 Å². The molecule has 0 unspecified atom stereocenters. The summed E-state index contributed by atoms with van der Waals surface area (Å²) >= 11 is 5.91. The van der Waals surface area contributed by atoms with E-state index in [-0.39, 0.29) is 6.42 Å². The molecule has 5 heteroatoms. The Balaban J connectivity index is 1.80. The summed E-state index contributed by atoms with van der Waals surface area (Å²) in [5, 5.41) is 1.37. The smallest absolute Gasteiger partial charge is 0.151 e. The lowest BCUT2D eigenvalue weighted by Crippen LogP contribution is -2.43. The number of para-hydroxylation sites is 1. The molecule has 0 atom stereocenters. The van der Waals surface area contributed by atoms with Gasteiger partial charge in [-0.3, -0.25) is 0 Å². The van der Waals surface area contributed by atoms with Crippen LogP contribution in [0.3, 0.4) is 0 Å². The van der Waals surface area contributed by atoms with Gasteiger partial charge in [0.05, 0.1) is 0 Å². The van der Waals surface area contributed by atoms with E-state index in [1.54, 1.807) is 61.6 Å². The quantitative estimate of drug-likeness (QED) is 0.395. The number of ether oxygens (including phenoxy) is 1. The molecule has 0 bridgehead atoms. The van der Waals surface area contributed by atoms with Crippen LogP contribution in [0.4, 0.5) is 8.78 Å². The van der Waals surface area contributed by atoms with Crippen molar-refractivity contribution in [2.75, 3.05) is 0 Å². The van der Waals surface area contributed by atoms with Gasteiger partial charge in [-0.1, -0.05) is 72.3 Å².